The average molecular weight is 359 g/mol. The Kier molecular flexibility index (Phi) is 3.68. The van der Waals surface area contributed by atoms with Gasteiger partial charge in [0.25, 0.3) is 0 Å². The quantitative estimate of drug-likeness (QED) is 0.635. The summed E-state index contributed by atoms with van der Waals surface area (Å²) in [6, 6.07) is 15.4. The molecule has 4 fully saturated rings. The van der Waals surface area contributed by atoms with Crippen LogP contribution < -0.4 is 0 Å². The van der Waals surface area contributed by atoms with E-state index in [1.807, 2.05) is 0 Å². The van der Waals surface area contributed by atoms with E-state index in [1.165, 1.54) is 68.1 Å². The summed E-state index contributed by atoms with van der Waals surface area (Å²) < 4.78 is 0. The second kappa shape index (κ2) is 6.12. The van der Waals surface area contributed by atoms with Gasteiger partial charge in [0.2, 0.25) is 0 Å². The minimum atomic E-state index is 0.575. The van der Waals surface area contributed by atoms with Crippen LogP contribution in [-0.2, 0) is 0 Å². The number of benzene rings is 2. The number of phenolic OH excluding ortho intramolecular Hbond substituents is 1. The number of hydrogen-bond donors (Lipinski definition) is 1. The van der Waals surface area contributed by atoms with Crippen LogP contribution in [0.15, 0.2) is 42.5 Å². The molecule has 4 aliphatic rings. The van der Waals surface area contributed by atoms with Gasteiger partial charge in [-0.1, -0.05) is 49.2 Å². The van der Waals surface area contributed by atoms with Gasteiger partial charge in [0, 0.05) is 5.56 Å². The minimum absolute atomic E-state index is 0.575. The first kappa shape index (κ1) is 16.2. The number of phenols is 1. The van der Waals surface area contributed by atoms with E-state index >= 15 is 0 Å². The molecule has 0 saturated heterocycles. The third-order valence-electron chi connectivity index (χ3n) is 8.55. The molecule has 4 bridgehead atoms. The Morgan fingerprint density at radius 1 is 0.704 bits per heavy atom. The van der Waals surface area contributed by atoms with Gasteiger partial charge in [-0.2, -0.15) is 0 Å². The van der Waals surface area contributed by atoms with Crippen LogP contribution in [0, 0.1) is 23.7 Å². The zero-order chi connectivity index (χ0) is 18.0. The summed E-state index contributed by atoms with van der Waals surface area (Å²) in [5, 5.41) is 11.3. The zero-order valence-electron chi connectivity index (χ0n) is 16.1. The second-order valence-electron chi connectivity index (χ2n) is 9.94. The highest BCUT2D eigenvalue weighted by Gasteiger charge is 2.43. The molecule has 0 spiro atoms. The van der Waals surface area contributed by atoms with Gasteiger partial charge in [-0.05, 0) is 96.8 Å². The van der Waals surface area contributed by atoms with Gasteiger partial charge in [-0.3, -0.25) is 0 Å². The molecule has 6 atom stereocenters. The van der Waals surface area contributed by atoms with E-state index in [2.05, 4.69) is 42.5 Å². The van der Waals surface area contributed by atoms with Crippen molar-refractivity contribution in [1.29, 1.82) is 0 Å². The van der Waals surface area contributed by atoms with Gasteiger partial charge in [0.05, 0.1) is 0 Å². The first-order chi connectivity index (χ1) is 13.3. The molecule has 0 aromatic heterocycles. The summed E-state index contributed by atoms with van der Waals surface area (Å²) in [6.45, 7) is 0. The molecule has 2 aromatic carbocycles. The zero-order valence-corrected chi connectivity index (χ0v) is 16.1. The third-order valence-corrected chi connectivity index (χ3v) is 8.55. The molecule has 2 aromatic rings. The number of hydrogen-bond acceptors (Lipinski definition) is 1. The highest BCUT2D eigenvalue weighted by atomic mass is 16.3. The SMILES string of the molecule is Oc1c(-c2ccccc2)cc(C2CC3CCC2C3)cc1C1CC2CCC1C2. The van der Waals surface area contributed by atoms with Gasteiger partial charge in [0.15, 0.2) is 0 Å². The lowest BCUT2D eigenvalue weighted by molar-refractivity contribution is 0.394. The summed E-state index contributed by atoms with van der Waals surface area (Å²) in [7, 11) is 0. The van der Waals surface area contributed by atoms with Crippen LogP contribution in [0.25, 0.3) is 11.1 Å². The Morgan fingerprint density at radius 3 is 1.96 bits per heavy atom. The first-order valence-corrected chi connectivity index (χ1v) is 11.2. The van der Waals surface area contributed by atoms with E-state index in [9.17, 15) is 5.11 Å². The summed E-state index contributed by atoms with van der Waals surface area (Å²) >= 11 is 0. The van der Waals surface area contributed by atoms with Crippen molar-refractivity contribution in [2.24, 2.45) is 23.7 Å². The van der Waals surface area contributed by atoms with E-state index in [4.69, 9.17) is 0 Å². The van der Waals surface area contributed by atoms with Crippen LogP contribution in [0.2, 0.25) is 0 Å². The van der Waals surface area contributed by atoms with Crippen LogP contribution in [0.1, 0.15) is 74.3 Å². The van der Waals surface area contributed by atoms with E-state index in [0.717, 1.165) is 35.2 Å². The fraction of sp³-hybridized carbons (Fsp3) is 0.538. The van der Waals surface area contributed by atoms with E-state index in [1.54, 1.807) is 0 Å². The summed E-state index contributed by atoms with van der Waals surface area (Å²) in [6.07, 6.45) is 11.2. The van der Waals surface area contributed by atoms with Crippen molar-refractivity contribution in [2.45, 2.75) is 63.2 Å². The monoisotopic (exact) mass is 358 g/mol. The fourth-order valence-electron chi connectivity index (χ4n) is 7.29. The van der Waals surface area contributed by atoms with Crippen molar-refractivity contribution in [3.8, 4) is 16.9 Å². The molecule has 0 aliphatic heterocycles. The van der Waals surface area contributed by atoms with Crippen LogP contribution >= 0.6 is 0 Å². The van der Waals surface area contributed by atoms with Crippen molar-refractivity contribution in [2.75, 3.05) is 0 Å². The lowest BCUT2D eigenvalue weighted by Crippen LogP contribution is -2.12. The lowest BCUT2D eigenvalue weighted by Gasteiger charge is -2.28. The van der Waals surface area contributed by atoms with Crippen molar-refractivity contribution in [3.63, 3.8) is 0 Å². The normalized spacial score (nSPS) is 36.6. The van der Waals surface area contributed by atoms with E-state index in [-0.39, 0.29) is 0 Å². The van der Waals surface area contributed by atoms with E-state index in [0.29, 0.717) is 11.7 Å². The van der Waals surface area contributed by atoms with Crippen molar-refractivity contribution >= 4 is 0 Å². The maximum absolute atomic E-state index is 11.3. The fourth-order valence-corrected chi connectivity index (χ4v) is 7.29. The molecular formula is C26H30O. The molecule has 140 valence electrons. The van der Waals surface area contributed by atoms with Crippen LogP contribution in [0.5, 0.6) is 5.75 Å². The predicted molar refractivity (Wildman–Crippen MR) is 110 cm³/mol. The van der Waals surface area contributed by atoms with Gasteiger partial charge >= 0.3 is 0 Å². The highest BCUT2D eigenvalue weighted by Crippen LogP contribution is 2.58. The molecule has 1 N–H and O–H groups in total. The Bertz CT molecular complexity index is 854. The molecule has 1 nitrogen and oxygen atoms in total. The van der Waals surface area contributed by atoms with Gasteiger partial charge in [0.1, 0.15) is 5.75 Å². The molecule has 4 aliphatic carbocycles. The standard InChI is InChI=1S/C26H30O/c27-26-24(18-4-2-1-3-5-18)14-21(22-12-16-6-8-19(22)10-16)15-25(26)23-13-17-7-9-20(23)11-17/h1-5,14-17,19-20,22-23,27H,6-13H2. The number of rotatable bonds is 3. The molecule has 0 radical (unpaired) electrons. The molecule has 6 unspecified atom stereocenters. The topological polar surface area (TPSA) is 20.2 Å². The van der Waals surface area contributed by atoms with Gasteiger partial charge < -0.3 is 5.11 Å². The maximum Gasteiger partial charge on any atom is 0.126 e. The summed E-state index contributed by atoms with van der Waals surface area (Å²) in [5.74, 6) is 5.45. The summed E-state index contributed by atoms with van der Waals surface area (Å²) in [5.41, 5.74) is 5.05. The lowest BCUT2D eigenvalue weighted by atomic mass is 9.77. The molecule has 1 heteroatoms. The van der Waals surface area contributed by atoms with Crippen LogP contribution in [-0.4, -0.2) is 5.11 Å². The molecule has 6 rings (SSSR count). The van der Waals surface area contributed by atoms with Crippen molar-refractivity contribution in [1.82, 2.24) is 0 Å². The molecule has 27 heavy (non-hydrogen) atoms. The Labute approximate surface area is 162 Å². The smallest absolute Gasteiger partial charge is 0.126 e. The molecule has 0 heterocycles. The van der Waals surface area contributed by atoms with Crippen molar-refractivity contribution < 1.29 is 5.11 Å². The third kappa shape index (κ3) is 2.57. The molecule has 0 amide bonds. The number of aromatic hydroxyl groups is 1. The molecular weight excluding hydrogens is 328 g/mol. The van der Waals surface area contributed by atoms with Gasteiger partial charge in [-0.15, -0.1) is 0 Å². The average Bonchev–Trinajstić information content (AvgIpc) is 3.50. The molecule has 4 saturated carbocycles. The minimum Gasteiger partial charge on any atom is -0.507 e. The van der Waals surface area contributed by atoms with E-state index < -0.39 is 0 Å². The Morgan fingerprint density at radius 2 is 1.37 bits per heavy atom. The maximum atomic E-state index is 11.3. The van der Waals surface area contributed by atoms with Gasteiger partial charge in [-0.25, -0.2) is 0 Å². The Balaban J connectivity index is 1.47. The second-order valence-corrected chi connectivity index (χ2v) is 9.94. The van der Waals surface area contributed by atoms with Crippen LogP contribution in [0.3, 0.4) is 0 Å². The summed E-state index contributed by atoms with van der Waals surface area (Å²) in [4.78, 5) is 0. The predicted octanol–water partition coefficient (Wildman–Crippen LogP) is 6.87. The van der Waals surface area contributed by atoms with Crippen LogP contribution in [0.4, 0.5) is 0 Å². The Hall–Kier alpha value is -1.76. The highest BCUT2D eigenvalue weighted by molar-refractivity contribution is 5.73. The van der Waals surface area contributed by atoms with Crippen molar-refractivity contribution in [3.05, 3.63) is 53.6 Å². The number of fused-ring (bicyclic) bond motifs is 4. The largest absolute Gasteiger partial charge is 0.507 e. The first-order valence-electron chi connectivity index (χ1n) is 11.2.